The van der Waals surface area contributed by atoms with Gasteiger partial charge in [-0.3, -0.25) is 0 Å². The predicted octanol–water partition coefficient (Wildman–Crippen LogP) is 8.17. The summed E-state index contributed by atoms with van der Waals surface area (Å²) in [4.78, 5) is 5.72. The lowest BCUT2D eigenvalue weighted by molar-refractivity contribution is 0.340. The van der Waals surface area contributed by atoms with Crippen LogP contribution in [0.2, 0.25) is 0 Å². The molecule has 0 saturated heterocycles. The van der Waals surface area contributed by atoms with Crippen LogP contribution in [0.15, 0.2) is 98.3 Å². The summed E-state index contributed by atoms with van der Waals surface area (Å²) < 4.78 is 2.02. The van der Waals surface area contributed by atoms with Crippen LogP contribution in [0, 0.1) is 19.3 Å². The van der Waals surface area contributed by atoms with Crippen molar-refractivity contribution < 1.29 is 0 Å². The smallest absolute Gasteiger partial charge is 0.182 e. The van der Waals surface area contributed by atoms with Crippen LogP contribution in [0.3, 0.4) is 0 Å². The van der Waals surface area contributed by atoms with Gasteiger partial charge in [0.1, 0.15) is 0 Å². The Bertz CT molecular complexity index is 1410. The number of hydrogen-bond acceptors (Lipinski definition) is 4. The van der Waals surface area contributed by atoms with Gasteiger partial charge >= 0.3 is 0 Å². The molecule has 0 fully saturated rings. The first-order valence-electron chi connectivity index (χ1n) is 12.2. The third-order valence-corrected chi connectivity index (χ3v) is 7.31. The molecular weight excluding hydrogens is 460 g/mol. The molecule has 0 amide bonds. The predicted molar refractivity (Wildman–Crippen MR) is 154 cm³/mol. The lowest BCUT2D eigenvalue weighted by Crippen LogP contribution is -2.31. The molecule has 3 aromatic carbocycles. The maximum absolute atomic E-state index is 4.71. The van der Waals surface area contributed by atoms with Crippen LogP contribution < -0.4 is 5.32 Å². The van der Waals surface area contributed by atoms with Gasteiger partial charge in [-0.05, 0) is 54.7 Å². The Kier molecular flexibility index (Phi) is 7.70. The molecule has 0 aliphatic rings. The van der Waals surface area contributed by atoms with E-state index in [1.54, 1.807) is 11.3 Å². The van der Waals surface area contributed by atoms with Crippen molar-refractivity contribution in [1.29, 1.82) is 0 Å². The van der Waals surface area contributed by atoms with Gasteiger partial charge in [-0.25, -0.2) is 9.67 Å². The van der Waals surface area contributed by atoms with Crippen molar-refractivity contribution in [2.45, 2.75) is 33.6 Å². The van der Waals surface area contributed by atoms with Gasteiger partial charge in [0.15, 0.2) is 5.13 Å². The monoisotopic (exact) mass is 494 g/mol. The van der Waals surface area contributed by atoms with Crippen molar-refractivity contribution in [1.82, 2.24) is 14.8 Å². The van der Waals surface area contributed by atoms with Crippen LogP contribution >= 0.6 is 11.3 Å². The molecular formula is C31H34N4S. The summed E-state index contributed by atoms with van der Waals surface area (Å²) >= 11 is 1.70. The van der Waals surface area contributed by atoms with Gasteiger partial charge in [0.25, 0.3) is 0 Å². The Morgan fingerprint density at radius 2 is 1.64 bits per heavy atom. The maximum Gasteiger partial charge on any atom is 0.182 e. The average molecular weight is 495 g/mol. The minimum Gasteiger partial charge on any atom is -0.361 e. The summed E-state index contributed by atoms with van der Waals surface area (Å²) in [5.74, 6) is 0.217. The Morgan fingerprint density at radius 3 is 2.31 bits per heavy atom. The van der Waals surface area contributed by atoms with Gasteiger partial charge in [0.2, 0.25) is 0 Å². The number of rotatable bonds is 7. The van der Waals surface area contributed by atoms with Crippen molar-refractivity contribution in [3.63, 3.8) is 0 Å². The van der Waals surface area contributed by atoms with Crippen LogP contribution in [0.5, 0.6) is 0 Å². The number of benzene rings is 3. The summed E-state index contributed by atoms with van der Waals surface area (Å²) in [6, 6.07) is 26.1. The molecule has 0 bridgehead atoms. The number of aryl methyl sites for hydroxylation is 2. The fourth-order valence-corrected chi connectivity index (χ4v) is 5.37. The van der Waals surface area contributed by atoms with Crippen LogP contribution in [-0.2, 0) is 0 Å². The van der Waals surface area contributed by atoms with Crippen molar-refractivity contribution >= 4 is 27.4 Å². The third-order valence-electron chi connectivity index (χ3n) is 6.43. The van der Waals surface area contributed by atoms with Crippen LogP contribution in [0.4, 0.5) is 5.13 Å². The van der Waals surface area contributed by atoms with Crippen LogP contribution in [0.1, 0.15) is 41.3 Å². The van der Waals surface area contributed by atoms with Gasteiger partial charge in [-0.2, -0.15) is 5.10 Å². The molecule has 1 unspecified atom stereocenters. The molecule has 0 spiro atoms. The zero-order valence-electron chi connectivity index (χ0n) is 21.5. The molecule has 36 heavy (non-hydrogen) atoms. The minimum atomic E-state index is -0.0540. The minimum absolute atomic E-state index is 0.0540. The summed E-state index contributed by atoms with van der Waals surface area (Å²) in [6.45, 7) is 15.7. The van der Waals surface area contributed by atoms with Crippen molar-refractivity contribution in [3.05, 3.63) is 120 Å². The van der Waals surface area contributed by atoms with E-state index in [4.69, 9.17) is 5.10 Å². The van der Waals surface area contributed by atoms with Gasteiger partial charge in [0, 0.05) is 28.9 Å². The summed E-state index contributed by atoms with van der Waals surface area (Å²) in [5, 5.41) is 10.4. The Morgan fingerprint density at radius 1 is 0.917 bits per heavy atom. The molecule has 5 heteroatoms. The summed E-state index contributed by atoms with van der Waals surface area (Å²) in [6.07, 6.45) is 3.90. The van der Waals surface area contributed by atoms with E-state index in [-0.39, 0.29) is 11.3 Å². The van der Waals surface area contributed by atoms with Gasteiger partial charge in [-0.15, -0.1) is 24.5 Å². The number of anilines is 1. The average Bonchev–Trinajstić information content (AvgIpc) is 3.51. The van der Waals surface area contributed by atoms with E-state index in [0.717, 1.165) is 28.3 Å². The maximum atomic E-state index is 4.71. The molecule has 1 atom stereocenters. The number of aromatic nitrogens is 3. The van der Waals surface area contributed by atoms with E-state index in [0.29, 0.717) is 0 Å². The quantitative estimate of drug-likeness (QED) is 0.232. The molecule has 4 nitrogen and oxygen atoms in total. The summed E-state index contributed by atoms with van der Waals surface area (Å²) in [5.41, 5.74) is 6.00. The van der Waals surface area contributed by atoms with Crippen molar-refractivity contribution in [2.75, 3.05) is 11.9 Å². The van der Waals surface area contributed by atoms with Crippen LogP contribution in [0.25, 0.3) is 16.6 Å². The second kappa shape index (κ2) is 10.9. The van der Waals surface area contributed by atoms with E-state index in [1.165, 1.54) is 21.6 Å². The molecule has 1 N–H and O–H groups in total. The normalized spacial score (nSPS) is 12.1. The second-order valence-electron chi connectivity index (χ2n) is 9.67. The molecule has 2 heterocycles. The van der Waals surface area contributed by atoms with Crippen molar-refractivity contribution in [3.8, 4) is 5.69 Å². The lowest BCUT2D eigenvalue weighted by Gasteiger charge is -2.35. The topological polar surface area (TPSA) is 42.7 Å². The number of nitrogens with one attached hydrogen (secondary N) is 1. The number of nitrogens with zero attached hydrogens (tertiary/aromatic N) is 3. The molecule has 0 aliphatic heterocycles. The Hall–Kier alpha value is -3.70. The number of fused-ring (bicyclic) bond motifs is 1. The molecule has 5 rings (SSSR count). The highest BCUT2D eigenvalue weighted by molar-refractivity contribution is 7.15. The Balaban J connectivity index is 0.00000148. The lowest BCUT2D eigenvalue weighted by atomic mass is 9.71. The largest absolute Gasteiger partial charge is 0.361 e. The molecule has 0 aliphatic carbocycles. The molecule has 184 valence electrons. The number of thiazole rings is 1. The van der Waals surface area contributed by atoms with Gasteiger partial charge in [-0.1, -0.05) is 67.9 Å². The zero-order chi connectivity index (χ0) is 25.7. The highest BCUT2D eigenvalue weighted by Crippen LogP contribution is 2.42. The van der Waals surface area contributed by atoms with E-state index in [1.807, 2.05) is 17.1 Å². The molecule has 0 saturated carbocycles. The Labute approximate surface area is 218 Å². The van der Waals surface area contributed by atoms with E-state index in [9.17, 15) is 0 Å². The molecule has 0 radical (unpaired) electrons. The van der Waals surface area contributed by atoms with Gasteiger partial charge < -0.3 is 5.32 Å². The standard InChI is InChI=1S/C29H30N4S.C2H4/c1-20-10-13-25(14-11-20)33-26-15-12-23(16-24(26)18-32-33)27(22-8-6-5-7-9-22)29(3,4)19-31-28-30-17-21(2)34-28;1-2/h5-18,27H,19H2,1-4H3,(H,30,31);1-2H2. The van der Waals surface area contributed by atoms with Crippen molar-refractivity contribution in [2.24, 2.45) is 5.41 Å². The van der Waals surface area contributed by atoms with Crippen LogP contribution in [-0.4, -0.2) is 21.3 Å². The first kappa shape index (κ1) is 25.4. The van der Waals surface area contributed by atoms with E-state index < -0.39 is 0 Å². The SMILES string of the molecule is C=C.Cc1ccc(-n2ncc3cc(C(c4ccccc4)C(C)(C)CNc4ncc(C)s4)ccc32)cc1. The zero-order valence-corrected chi connectivity index (χ0v) is 22.3. The molecule has 5 aromatic rings. The highest BCUT2D eigenvalue weighted by atomic mass is 32.1. The van der Waals surface area contributed by atoms with E-state index in [2.05, 4.69) is 124 Å². The van der Waals surface area contributed by atoms with Gasteiger partial charge in [0.05, 0.1) is 17.4 Å². The second-order valence-corrected chi connectivity index (χ2v) is 10.9. The highest BCUT2D eigenvalue weighted by Gasteiger charge is 2.32. The van der Waals surface area contributed by atoms with E-state index >= 15 is 0 Å². The first-order valence-corrected chi connectivity index (χ1v) is 13.0. The third kappa shape index (κ3) is 5.42. The molecule has 2 aromatic heterocycles. The summed E-state index contributed by atoms with van der Waals surface area (Å²) in [7, 11) is 0. The fraction of sp³-hybridized carbons (Fsp3) is 0.226. The first-order chi connectivity index (χ1) is 17.4. The number of hydrogen-bond donors (Lipinski definition) is 1. The fourth-order valence-electron chi connectivity index (χ4n) is 4.70.